The highest BCUT2D eigenvalue weighted by Gasteiger charge is 2.13. The third-order valence-corrected chi connectivity index (χ3v) is 4.65. The Kier molecular flexibility index (Phi) is 6.33. The maximum atomic E-state index is 11.9. The van der Waals surface area contributed by atoms with Crippen molar-refractivity contribution in [2.75, 3.05) is 18.6 Å². The third kappa shape index (κ3) is 5.22. The minimum absolute atomic E-state index is 0.0684. The van der Waals surface area contributed by atoms with Crippen molar-refractivity contribution in [2.45, 2.75) is 17.7 Å². The second-order valence-electron chi connectivity index (χ2n) is 3.93. The molecule has 0 bridgehead atoms. The average molecular weight is 303 g/mol. The normalized spacial score (nSPS) is 11.4. The number of hydrogen-bond acceptors (Lipinski definition) is 4. The monoisotopic (exact) mass is 303 g/mol. The number of unbranched alkanes of at least 4 members (excludes halogenated alkanes) is 1. The standard InChI is InChI=1S/C12H17NO4S2/c1-18-9-3-2-8-13-19(16,17)11-6-4-10(5-7-11)12(14)15/h4-7,13H,2-3,8-9H2,1H3,(H,14,15). The van der Waals surface area contributed by atoms with Crippen molar-refractivity contribution in [3.8, 4) is 0 Å². The summed E-state index contributed by atoms with van der Waals surface area (Å²) in [6.07, 6.45) is 3.75. The van der Waals surface area contributed by atoms with Gasteiger partial charge in [-0.25, -0.2) is 17.9 Å². The molecule has 1 aromatic rings. The second kappa shape index (κ2) is 7.52. The average Bonchev–Trinajstić information content (AvgIpc) is 2.38. The Balaban J connectivity index is 2.59. The van der Waals surface area contributed by atoms with Crippen molar-refractivity contribution in [2.24, 2.45) is 0 Å². The third-order valence-electron chi connectivity index (χ3n) is 2.48. The van der Waals surface area contributed by atoms with E-state index in [0.29, 0.717) is 6.54 Å². The molecule has 106 valence electrons. The van der Waals surface area contributed by atoms with Gasteiger partial charge in [-0.1, -0.05) is 0 Å². The van der Waals surface area contributed by atoms with Gasteiger partial charge < -0.3 is 5.11 Å². The molecule has 0 aliphatic heterocycles. The van der Waals surface area contributed by atoms with Gasteiger partial charge in [0, 0.05) is 6.54 Å². The van der Waals surface area contributed by atoms with Crippen LogP contribution in [0.5, 0.6) is 0 Å². The smallest absolute Gasteiger partial charge is 0.335 e. The summed E-state index contributed by atoms with van der Waals surface area (Å²) in [7, 11) is -3.54. The molecule has 0 fully saturated rings. The SMILES string of the molecule is CSCCCCNS(=O)(=O)c1ccc(C(=O)O)cc1. The van der Waals surface area contributed by atoms with Gasteiger partial charge in [0.25, 0.3) is 0 Å². The summed E-state index contributed by atoms with van der Waals surface area (Å²) in [5, 5.41) is 8.74. The number of carbonyl (C=O) groups is 1. The first kappa shape index (κ1) is 16.0. The number of benzene rings is 1. The summed E-state index contributed by atoms with van der Waals surface area (Å²) in [4.78, 5) is 10.8. The molecule has 0 spiro atoms. The summed E-state index contributed by atoms with van der Waals surface area (Å²) in [5.74, 6) is -0.0661. The van der Waals surface area contributed by atoms with Gasteiger partial charge in [0.1, 0.15) is 0 Å². The van der Waals surface area contributed by atoms with Crippen LogP contribution < -0.4 is 4.72 Å². The Bertz CT molecular complexity index is 511. The Labute approximate surface area is 117 Å². The lowest BCUT2D eigenvalue weighted by Gasteiger charge is -2.06. The molecular weight excluding hydrogens is 286 g/mol. The Morgan fingerprint density at radius 1 is 1.26 bits per heavy atom. The predicted octanol–water partition coefficient (Wildman–Crippen LogP) is 1.81. The molecule has 0 radical (unpaired) electrons. The van der Waals surface area contributed by atoms with Crippen molar-refractivity contribution in [1.29, 1.82) is 0 Å². The van der Waals surface area contributed by atoms with Crippen LogP contribution in [0.15, 0.2) is 29.2 Å². The van der Waals surface area contributed by atoms with E-state index in [1.807, 2.05) is 6.26 Å². The molecule has 5 nitrogen and oxygen atoms in total. The van der Waals surface area contributed by atoms with Crippen molar-refractivity contribution >= 4 is 27.8 Å². The molecule has 0 aromatic heterocycles. The highest BCUT2D eigenvalue weighted by molar-refractivity contribution is 7.98. The van der Waals surface area contributed by atoms with Crippen molar-refractivity contribution < 1.29 is 18.3 Å². The molecular formula is C12H17NO4S2. The molecule has 7 heteroatoms. The van der Waals surface area contributed by atoms with Gasteiger partial charge in [0.05, 0.1) is 10.5 Å². The fraction of sp³-hybridized carbons (Fsp3) is 0.417. The molecule has 0 saturated carbocycles. The van der Waals surface area contributed by atoms with Gasteiger partial charge in [-0.2, -0.15) is 11.8 Å². The number of nitrogens with one attached hydrogen (secondary N) is 1. The molecule has 0 aliphatic carbocycles. The van der Waals surface area contributed by atoms with Crippen LogP contribution in [0.1, 0.15) is 23.2 Å². The fourth-order valence-electron chi connectivity index (χ4n) is 1.44. The zero-order valence-electron chi connectivity index (χ0n) is 10.6. The van der Waals surface area contributed by atoms with Gasteiger partial charge in [0.15, 0.2) is 0 Å². The van der Waals surface area contributed by atoms with Crippen molar-refractivity contribution in [3.63, 3.8) is 0 Å². The molecule has 0 unspecified atom stereocenters. The Hall–Kier alpha value is -1.05. The van der Waals surface area contributed by atoms with Gasteiger partial charge in [0.2, 0.25) is 10.0 Å². The zero-order chi connectivity index (χ0) is 14.3. The van der Waals surface area contributed by atoms with Crippen LogP contribution in [0.2, 0.25) is 0 Å². The number of sulfonamides is 1. The molecule has 0 aliphatic rings. The van der Waals surface area contributed by atoms with Crippen LogP contribution >= 0.6 is 11.8 Å². The Morgan fingerprint density at radius 2 is 1.89 bits per heavy atom. The van der Waals surface area contributed by atoms with E-state index >= 15 is 0 Å². The van der Waals surface area contributed by atoms with E-state index in [1.54, 1.807) is 11.8 Å². The number of rotatable bonds is 8. The van der Waals surface area contributed by atoms with Gasteiger partial charge in [-0.05, 0) is 49.1 Å². The highest BCUT2D eigenvalue weighted by atomic mass is 32.2. The van der Waals surface area contributed by atoms with Gasteiger partial charge in [-0.3, -0.25) is 0 Å². The zero-order valence-corrected chi connectivity index (χ0v) is 12.3. The molecule has 0 atom stereocenters. The number of hydrogen-bond donors (Lipinski definition) is 2. The van der Waals surface area contributed by atoms with Crippen molar-refractivity contribution in [3.05, 3.63) is 29.8 Å². The van der Waals surface area contributed by atoms with E-state index in [9.17, 15) is 13.2 Å². The van der Waals surface area contributed by atoms with Gasteiger partial charge in [-0.15, -0.1) is 0 Å². The van der Waals surface area contributed by atoms with Crippen LogP contribution in [-0.4, -0.2) is 38.0 Å². The van der Waals surface area contributed by atoms with E-state index in [-0.39, 0.29) is 10.5 Å². The van der Waals surface area contributed by atoms with Crippen molar-refractivity contribution in [1.82, 2.24) is 4.72 Å². The summed E-state index contributed by atoms with van der Waals surface area (Å²) in [6.45, 7) is 0.392. The fourth-order valence-corrected chi connectivity index (χ4v) is 3.00. The largest absolute Gasteiger partial charge is 0.478 e. The highest BCUT2D eigenvalue weighted by Crippen LogP contribution is 2.10. The maximum absolute atomic E-state index is 11.9. The summed E-state index contributed by atoms with van der Waals surface area (Å²) < 4.78 is 26.3. The van der Waals surface area contributed by atoms with E-state index in [0.717, 1.165) is 18.6 Å². The number of carboxylic acids is 1. The first-order valence-corrected chi connectivity index (χ1v) is 8.67. The quantitative estimate of drug-likeness (QED) is 0.716. The minimum atomic E-state index is -3.54. The molecule has 2 N–H and O–H groups in total. The molecule has 0 saturated heterocycles. The first-order chi connectivity index (χ1) is 8.97. The molecule has 0 amide bonds. The lowest BCUT2D eigenvalue weighted by Crippen LogP contribution is -2.24. The minimum Gasteiger partial charge on any atom is -0.478 e. The topological polar surface area (TPSA) is 83.5 Å². The summed E-state index contributed by atoms with van der Waals surface area (Å²) >= 11 is 1.73. The molecule has 1 rings (SSSR count). The number of aromatic carboxylic acids is 1. The number of carboxylic acid groups (broad SMARTS) is 1. The summed E-state index contributed by atoms with van der Waals surface area (Å²) in [5.41, 5.74) is 0.0684. The molecule has 1 aromatic carbocycles. The van der Waals surface area contributed by atoms with E-state index in [4.69, 9.17) is 5.11 Å². The van der Waals surface area contributed by atoms with E-state index in [2.05, 4.69) is 4.72 Å². The lowest BCUT2D eigenvalue weighted by atomic mass is 10.2. The van der Waals surface area contributed by atoms with E-state index in [1.165, 1.54) is 24.3 Å². The molecule has 19 heavy (non-hydrogen) atoms. The predicted molar refractivity (Wildman–Crippen MR) is 76.2 cm³/mol. The summed E-state index contributed by atoms with van der Waals surface area (Å²) in [6, 6.07) is 5.16. The molecule has 0 heterocycles. The van der Waals surface area contributed by atoms with Crippen LogP contribution in [0, 0.1) is 0 Å². The lowest BCUT2D eigenvalue weighted by molar-refractivity contribution is 0.0696. The van der Waals surface area contributed by atoms with Crippen LogP contribution in [0.4, 0.5) is 0 Å². The van der Waals surface area contributed by atoms with Gasteiger partial charge >= 0.3 is 5.97 Å². The van der Waals surface area contributed by atoms with E-state index < -0.39 is 16.0 Å². The number of thioether (sulfide) groups is 1. The maximum Gasteiger partial charge on any atom is 0.335 e. The van der Waals surface area contributed by atoms with Crippen LogP contribution in [-0.2, 0) is 10.0 Å². The Morgan fingerprint density at radius 3 is 2.42 bits per heavy atom. The first-order valence-electron chi connectivity index (χ1n) is 5.79. The second-order valence-corrected chi connectivity index (χ2v) is 6.68. The van der Waals surface area contributed by atoms with Crippen LogP contribution in [0.25, 0.3) is 0 Å². The van der Waals surface area contributed by atoms with Crippen LogP contribution in [0.3, 0.4) is 0 Å².